The van der Waals surface area contributed by atoms with Crippen molar-refractivity contribution >= 4 is 0 Å². The molecule has 0 bridgehead atoms. The molecule has 1 aliphatic heterocycles. The number of hydrogen-bond acceptors (Lipinski definition) is 4. The van der Waals surface area contributed by atoms with E-state index < -0.39 is 5.79 Å². The molecule has 1 atom stereocenters. The molecule has 1 aromatic rings. The summed E-state index contributed by atoms with van der Waals surface area (Å²) in [6.07, 6.45) is 0. The quantitative estimate of drug-likeness (QED) is 0.899. The Morgan fingerprint density at radius 3 is 2.39 bits per heavy atom. The van der Waals surface area contributed by atoms with E-state index in [2.05, 4.69) is 18.3 Å². The maximum Gasteiger partial charge on any atom is 0.162 e. The van der Waals surface area contributed by atoms with Crippen molar-refractivity contribution in [3.8, 4) is 0 Å². The second-order valence-electron chi connectivity index (χ2n) is 5.48. The minimum atomic E-state index is -0.455. The Labute approximate surface area is 109 Å². The first kappa shape index (κ1) is 13.6. The van der Waals surface area contributed by atoms with E-state index in [1.54, 1.807) is 0 Å². The molecule has 0 spiro atoms. The Kier molecular flexibility index (Phi) is 3.80. The molecule has 0 amide bonds. The van der Waals surface area contributed by atoms with Crippen molar-refractivity contribution in [2.24, 2.45) is 0 Å². The summed E-state index contributed by atoms with van der Waals surface area (Å²) in [5.74, 6) is 1.47. The largest absolute Gasteiger partial charge is 0.466 e. The van der Waals surface area contributed by atoms with Gasteiger partial charge in [-0.25, -0.2) is 0 Å². The summed E-state index contributed by atoms with van der Waals surface area (Å²) in [5, 5.41) is 3.52. The third-order valence-corrected chi connectivity index (χ3v) is 3.30. The monoisotopic (exact) mass is 253 g/mol. The predicted molar refractivity (Wildman–Crippen MR) is 69.5 cm³/mol. The number of aryl methyl sites for hydroxylation is 2. The van der Waals surface area contributed by atoms with Crippen molar-refractivity contribution in [1.82, 2.24) is 5.32 Å². The molecule has 4 nitrogen and oxygen atoms in total. The molecule has 0 aromatic carbocycles. The van der Waals surface area contributed by atoms with E-state index in [9.17, 15) is 0 Å². The highest BCUT2D eigenvalue weighted by Crippen LogP contribution is 2.23. The van der Waals surface area contributed by atoms with Gasteiger partial charge in [-0.2, -0.15) is 0 Å². The zero-order chi connectivity index (χ0) is 13.3. The third kappa shape index (κ3) is 3.13. The molecule has 1 fully saturated rings. The van der Waals surface area contributed by atoms with E-state index in [-0.39, 0.29) is 12.1 Å². The predicted octanol–water partition coefficient (Wildman–Crippen LogP) is 2.70. The van der Waals surface area contributed by atoms with Crippen molar-refractivity contribution in [3.05, 3.63) is 23.2 Å². The second-order valence-corrected chi connectivity index (χ2v) is 5.48. The highest BCUT2D eigenvalue weighted by atomic mass is 16.7. The molecule has 1 unspecified atom stereocenters. The highest BCUT2D eigenvalue weighted by Gasteiger charge is 2.29. The molecule has 102 valence electrons. The Bertz CT molecular complexity index is 401. The van der Waals surface area contributed by atoms with Crippen molar-refractivity contribution in [2.45, 2.75) is 52.5 Å². The average Bonchev–Trinajstić information content (AvgIpc) is 2.61. The molecule has 0 radical (unpaired) electrons. The van der Waals surface area contributed by atoms with Gasteiger partial charge in [-0.05, 0) is 40.7 Å². The fraction of sp³-hybridized carbons (Fsp3) is 0.714. The molecular weight excluding hydrogens is 230 g/mol. The highest BCUT2D eigenvalue weighted by molar-refractivity contribution is 5.23. The molecule has 4 heteroatoms. The average molecular weight is 253 g/mol. The van der Waals surface area contributed by atoms with E-state index in [4.69, 9.17) is 13.9 Å². The first-order valence-electron chi connectivity index (χ1n) is 6.48. The van der Waals surface area contributed by atoms with Gasteiger partial charge < -0.3 is 19.2 Å². The van der Waals surface area contributed by atoms with Gasteiger partial charge in [0.2, 0.25) is 0 Å². The van der Waals surface area contributed by atoms with Crippen LogP contribution in [0.25, 0.3) is 0 Å². The lowest BCUT2D eigenvalue weighted by Crippen LogP contribution is -2.49. The fourth-order valence-electron chi connectivity index (χ4n) is 2.31. The molecule has 1 aliphatic rings. The van der Waals surface area contributed by atoms with Crippen LogP contribution in [0.2, 0.25) is 0 Å². The maximum atomic E-state index is 5.64. The SMILES string of the molecule is Cc1cc(C(C)NC2COC(C)(C)OC2)c(C)o1. The van der Waals surface area contributed by atoms with Crippen molar-refractivity contribution in [1.29, 1.82) is 0 Å². The summed E-state index contributed by atoms with van der Waals surface area (Å²) in [6.45, 7) is 11.3. The van der Waals surface area contributed by atoms with Crippen LogP contribution in [0.3, 0.4) is 0 Å². The molecule has 0 saturated carbocycles. The van der Waals surface area contributed by atoms with Crippen molar-refractivity contribution < 1.29 is 13.9 Å². The van der Waals surface area contributed by atoms with Gasteiger partial charge in [0.15, 0.2) is 5.79 Å². The van der Waals surface area contributed by atoms with Crippen molar-refractivity contribution in [3.63, 3.8) is 0 Å². The van der Waals surface area contributed by atoms with Gasteiger partial charge in [-0.3, -0.25) is 0 Å². The van der Waals surface area contributed by atoms with E-state index in [1.807, 2.05) is 27.7 Å². The summed E-state index contributed by atoms with van der Waals surface area (Å²) < 4.78 is 16.8. The van der Waals surface area contributed by atoms with Crippen LogP contribution in [0, 0.1) is 13.8 Å². The molecule has 18 heavy (non-hydrogen) atoms. The maximum absolute atomic E-state index is 5.64. The number of hydrogen-bond donors (Lipinski definition) is 1. The third-order valence-electron chi connectivity index (χ3n) is 3.30. The van der Waals surface area contributed by atoms with Crippen LogP contribution in [0.1, 0.15) is 43.9 Å². The lowest BCUT2D eigenvalue weighted by molar-refractivity contribution is -0.253. The standard InChI is InChI=1S/C14H23NO3/c1-9-6-13(11(3)18-9)10(2)15-12-7-16-14(4,5)17-8-12/h6,10,12,15H,7-8H2,1-5H3. The van der Waals surface area contributed by atoms with E-state index >= 15 is 0 Å². The zero-order valence-electron chi connectivity index (χ0n) is 11.9. The second kappa shape index (κ2) is 5.03. The van der Waals surface area contributed by atoms with Crippen LogP contribution in [-0.4, -0.2) is 25.0 Å². The Morgan fingerprint density at radius 2 is 1.89 bits per heavy atom. The Hall–Kier alpha value is -0.840. The van der Waals surface area contributed by atoms with Crippen LogP contribution in [-0.2, 0) is 9.47 Å². The van der Waals surface area contributed by atoms with Gasteiger partial charge in [-0.1, -0.05) is 0 Å². The molecular formula is C14H23NO3. The Balaban J connectivity index is 1.92. The summed E-state index contributed by atoms with van der Waals surface area (Å²) in [6, 6.07) is 2.55. The number of furan rings is 1. The van der Waals surface area contributed by atoms with Gasteiger partial charge in [-0.15, -0.1) is 0 Å². The fourth-order valence-corrected chi connectivity index (χ4v) is 2.31. The molecule has 2 rings (SSSR count). The van der Waals surface area contributed by atoms with Crippen molar-refractivity contribution in [2.75, 3.05) is 13.2 Å². The van der Waals surface area contributed by atoms with Crippen LogP contribution < -0.4 is 5.32 Å². The molecule has 1 N–H and O–H groups in total. The molecule has 2 heterocycles. The van der Waals surface area contributed by atoms with Crippen LogP contribution in [0.4, 0.5) is 0 Å². The van der Waals surface area contributed by atoms with Gasteiger partial charge in [0, 0.05) is 11.6 Å². The molecule has 1 aromatic heterocycles. The summed E-state index contributed by atoms with van der Waals surface area (Å²) in [5.41, 5.74) is 1.21. The normalized spacial score (nSPS) is 22.1. The zero-order valence-corrected chi connectivity index (χ0v) is 11.9. The van der Waals surface area contributed by atoms with Gasteiger partial charge in [0.25, 0.3) is 0 Å². The van der Waals surface area contributed by atoms with Gasteiger partial charge >= 0.3 is 0 Å². The minimum absolute atomic E-state index is 0.225. The lowest BCUT2D eigenvalue weighted by atomic mass is 10.1. The topological polar surface area (TPSA) is 43.6 Å². The Morgan fingerprint density at radius 1 is 1.28 bits per heavy atom. The first-order valence-corrected chi connectivity index (χ1v) is 6.48. The van der Waals surface area contributed by atoms with Gasteiger partial charge in [0.05, 0.1) is 19.3 Å². The number of ether oxygens (including phenoxy) is 2. The van der Waals surface area contributed by atoms with E-state index in [1.165, 1.54) is 5.56 Å². The summed E-state index contributed by atoms with van der Waals surface area (Å²) in [4.78, 5) is 0. The smallest absolute Gasteiger partial charge is 0.162 e. The number of nitrogens with one attached hydrogen (secondary N) is 1. The summed E-state index contributed by atoms with van der Waals surface area (Å²) in [7, 11) is 0. The van der Waals surface area contributed by atoms with E-state index in [0.717, 1.165) is 11.5 Å². The number of rotatable bonds is 3. The molecule has 0 aliphatic carbocycles. The van der Waals surface area contributed by atoms with Crippen LogP contribution in [0.5, 0.6) is 0 Å². The first-order chi connectivity index (χ1) is 8.37. The lowest BCUT2D eigenvalue weighted by Gasteiger charge is -2.36. The summed E-state index contributed by atoms with van der Waals surface area (Å²) >= 11 is 0. The minimum Gasteiger partial charge on any atom is -0.466 e. The van der Waals surface area contributed by atoms with Gasteiger partial charge in [0.1, 0.15) is 11.5 Å². The van der Waals surface area contributed by atoms with E-state index in [0.29, 0.717) is 13.2 Å². The van der Waals surface area contributed by atoms with Crippen LogP contribution in [0.15, 0.2) is 10.5 Å². The molecule has 1 saturated heterocycles. The van der Waals surface area contributed by atoms with Crippen LogP contribution >= 0.6 is 0 Å².